The Morgan fingerprint density at radius 3 is 2.09 bits per heavy atom. The number of carbonyl (C=O) groups is 2. The van der Waals surface area contributed by atoms with Gasteiger partial charge in [0.1, 0.15) is 5.54 Å². The Balaban J connectivity index is 1.49. The van der Waals surface area contributed by atoms with Crippen LogP contribution in [0, 0.1) is 29.6 Å². The summed E-state index contributed by atoms with van der Waals surface area (Å²) in [4.78, 5) is 25.5. The molecule has 0 saturated heterocycles. The zero-order chi connectivity index (χ0) is 16.0. The molecule has 4 bridgehead atoms. The van der Waals surface area contributed by atoms with E-state index in [9.17, 15) is 9.59 Å². The largest absolute Gasteiger partial charge is 0.464 e. The number of esters is 1. The Kier molecular flexibility index (Phi) is 3.89. The van der Waals surface area contributed by atoms with Gasteiger partial charge in [-0.2, -0.15) is 0 Å². The molecule has 0 atom stereocenters. The second-order valence-corrected chi connectivity index (χ2v) is 8.46. The standard InChI is InChI=1S/C19H29NO3/c1-2-23-18(22)19(5-3-4-6-19)20-17(21)16-14-8-12-7-13(10-14)11-15(16)9-12/h12-16H,2-11H2,1H3,(H,20,21). The van der Waals surface area contributed by atoms with Gasteiger partial charge in [0.05, 0.1) is 6.61 Å². The molecular formula is C19H29NO3. The quantitative estimate of drug-likeness (QED) is 0.810. The van der Waals surface area contributed by atoms with Crippen molar-refractivity contribution in [2.45, 2.75) is 70.3 Å². The van der Waals surface area contributed by atoms with Gasteiger partial charge in [0.15, 0.2) is 0 Å². The molecule has 5 aliphatic carbocycles. The number of carbonyl (C=O) groups excluding carboxylic acids is 2. The van der Waals surface area contributed by atoms with Gasteiger partial charge in [-0.25, -0.2) is 4.79 Å². The lowest BCUT2D eigenvalue weighted by Crippen LogP contribution is -2.58. The molecule has 0 aliphatic heterocycles. The molecule has 0 aromatic heterocycles. The van der Waals surface area contributed by atoms with E-state index in [0.29, 0.717) is 18.4 Å². The van der Waals surface area contributed by atoms with Crippen LogP contribution in [0.3, 0.4) is 0 Å². The van der Waals surface area contributed by atoms with E-state index in [1.165, 1.54) is 32.1 Å². The highest BCUT2D eigenvalue weighted by Gasteiger charge is 2.53. The lowest BCUT2D eigenvalue weighted by Gasteiger charge is -2.54. The second kappa shape index (κ2) is 5.78. The summed E-state index contributed by atoms with van der Waals surface area (Å²) in [5, 5.41) is 3.19. The molecule has 4 nitrogen and oxygen atoms in total. The fourth-order valence-electron chi connectivity index (χ4n) is 6.30. The topological polar surface area (TPSA) is 55.4 Å². The fourth-order valence-corrected chi connectivity index (χ4v) is 6.30. The highest BCUT2D eigenvalue weighted by Crippen LogP contribution is 2.56. The molecule has 0 aromatic rings. The Morgan fingerprint density at radius 2 is 1.57 bits per heavy atom. The number of ether oxygens (including phenoxy) is 1. The third-order valence-electron chi connectivity index (χ3n) is 7.02. The van der Waals surface area contributed by atoms with Crippen LogP contribution in [0.4, 0.5) is 0 Å². The Morgan fingerprint density at radius 1 is 1.00 bits per heavy atom. The van der Waals surface area contributed by atoms with Gasteiger partial charge in [0.25, 0.3) is 0 Å². The van der Waals surface area contributed by atoms with Gasteiger partial charge in [-0.15, -0.1) is 0 Å². The summed E-state index contributed by atoms with van der Waals surface area (Å²) in [6, 6.07) is 0. The second-order valence-electron chi connectivity index (χ2n) is 8.46. The van der Waals surface area contributed by atoms with Gasteiger partial charge in [-0.1, -0.05) is 12.8 Å². The van der Waals surface area contributed by atoms with Crippen LogP contribution in [0.2, 0.25) is 0 Å². The summed E-state index contributed by atoms with van der Waals surface area (Å²) >= 11 is 0. The first kappa shape index (κ1) is 15.5. The van der Waals surface area contributed by atoms with Crippen molar-refractivity contribution in [3.63, 3.8) is 0 Å². The molecular weight excluding hydrogens is 290 g/mol. The van der Waals surface area contributed by atoms with Gasteiger partial charge in [-0.3, -0.25) is 4.79 Å². The number of rotatable bonds is 4. The molecule has 5 rings (SSSR count). The number of hydrogen-bond donors (Lipinski definition) is 1. The summed E-state index contributed by atoms with van der Waals surface area (Å²) in [5.74, 6) is 2.94. The SMILES string of the molecule is CCOC(=O)C1(NC(=O)C2C3CC4CC(C3)CC2C4)CCCC1. The van der Waals surface area contributed by atoms with Crippen LogP contribution >= 0.6 is 0 Å². The van der Waals surface area contributed by atoms with E-state index in [-0.39, 0.29) is 17.8 Å². The lowest BCUT2D eigenvalue weighted by atomic mass is 9.51. The zero-order valence-corrected chi connectivity index (χ0v) is 14.2. The summed E-state index contributed by atoms with van der Waals surface area (Å²) in [6.45, 7) is 2.22. The van der Waals surface area contributed by atoms with Gasteiger partial charge in [0.2, 0.25) is 5.91 Å². The fraction of sp³-hybridized carbons (Fsp3) is 0.895. The lowest BCUT2D eigenvalue weighted by molar-refractivity contribution is -0.156. The van der Waals surface area contributed by atoms with E-state index in [0.717, 1.165) is 37.5 Å². The van der Waals surface area contributed by atoms with E-state index >= 15 is 0 Å². The average molecular weight is 319 g/mol. The van der Waals surface area contributed by atoms with Crippen LogP contribution in [0.5, 0.6) is 0 Å². The maximum absolute atomic E-state index is 13.1. The van der Waals surface area contributed by atoms with E-state index < -0.39 is 5.54 Å². The van der Waals surface area contributed by atoms with Gasteiger partial charge < -0.3 is 10.1 Å². The molecule has 1 amide bonds. The molecule has 0 radical (unpaired) electrons. The first-order chi connectivity index (χ1) is 11.1. The molecule has 1 N–H and O–H groups in total. The minimum atomic E-state index is -0.734. The van der Waals surface area contributed by atoms with Crippen molar-refractivity contribution in [1.82, 2.24) is 5.32 Å². The highest BCUT2D eigenvalue weighted by molar-refractivity contribution is 5.89. The normalized spacial score (nSPS) is 40.1. The number of nitrogens with one attached hydrogen (secondary N) is 1. The smallest absolute Gasteiger partial charge is 0.331 e. The van der Waals surface area contributed by atoms with E-state index in [4.69, 9.17) is 4.74 Å². The van der Waals surface area contributed by atoms with E-state index in [2.05, 4.69) is 5.32 Å². The monoisotopic (exact) mass is 319 g/mol. The molecule has 5 saturated carbocycles. The summed E-state index contributed by atoms with van der Waals surface area (Å²) in [6.07, 6.45) is 9.81. The molecule has 4 heteroatoms. The predicted octanol–water partition coefficient (Wildman–Crippen LogP) is 3.05. The Bertz CT molecular complexity index is 467. The van der Waals surface area contributed by atoms with E-state index in [1.54, 1.807) is 0 Å². The third kappa shape index (κ3) is 2.58. The summed E-state index contributed by atoms with van der Waals surface area (Å²) < 4.78 is 5.28. The Hall–Kier alpha value is -1.06. The van der Waals surface area contributed by atoms with E-state index in [1.807, 2.05) is 6.92 Å². The van der Waals surface area contributed by atoms with Crippen LogP contribution in [-0.4, -0.2) is 24.0 Å². The van der Waals surface area contributed by atoms with Crippen molar-refractivity contribution in [3.05, 3.63) is 0 Å². The molecule has 0 unspecified atom stereocenters. The molecule has 5 aliphatic rings. The molecule has 0 aromatic carbocycles. The first-order valence-corrected chi connectivity index (χ1v) is 9.60. The van der Waals surface area contributed by atoms with Crippen LogP contribution in [-0.2, 0) is 14.3 Å². The number of amides is 1. The van der Waals surface area contributed by atoms with Crippen LogP contribution < -0.4 is 5.32 Å². The van der Waals surface area contributed by atoms with Crippen LogP contribution in [0.1, 0.15) is 64.7 Å². The van der Waals surface area contributed by atoms with Crippen molar-refractivity contribution < 1.29 is 14.3 Å². The molecule has 23 heavy (non-hydrogen) atoms. The highest BCUT2D eigenvalue weighted by atomic mass is 16.5. The number of hydrogen-bond acceptors (Lipinski definition) is 3. The van der Waals surface area contributed by atoms with Gasteiger partial charge in [-0.05, 0) is 75.5 Å². The van der Waals surface area contributed by atoms with Gasteiger partial charge >= 0.3 is 5.97 Å². The molecule has 128 valence electrons. The molecule has 0 heterocycles. The minimum absolute atomic E-state index is 0.147. The van der Waals surface area contributed by atoms with Crippen molar-refractivity contribution in [2.24, 2.45) is 29.6 Å². The van der Waals surface area contributed by atoms with Crippen LogP contribution in [0.25, 0.3) is 0 Å². The zero-order valence-electron chi connectivity index (χ0n) is 14.2. The predicted molar refractivity (Wildman–Crippen MR) is 86.5 cm³/mol. The summed E-state index contributed by atoms with van der Waals surface area (Å²) in [5.41, 5.74) is -0.734. The maximum Gasteiger partial charge on any atom is 0.331 e. The van der Waals surface area contributed by atoms with Crippen molar-refractivity contribution in [2.75, 3.05) is 6.61 Å². The van der Waals surface area contributed by atoms with Crippen molar-refractivity contribution in [1.29, 1.82) is 0 Å². The first-order valence-electron chi connectivity index (χ1n) is 9.60. The average Bonchev–Trinajstić information content (AvgIpc) is 2.96. The maximum atomic E-state index is 13.1. The van der Waals surface area contributed by atoms with Crippen LogP contribution in [0.15, 0.2) is 0 Å². The summed E-state index contributed by atoms with van der Waals surface area (Å²) in [7, 11) is 0. The van der Waals surface area contributed by atoms with Crippen molar-refractivity contribution >= 4 is 11.9 Å². The Labute approximate surface area is 138 Å². The van der Waals surface area contributed by atoms with Crippen molar-refractivity contribution in [3.8, 4) is 0 Å². The molecule has 5 fully saturated rings. The minimum Gasteiger partial charge on any atom is -0.464 e. The van der Waals surface area contributed by atoms with Gasteiger partial charge in [0, 0.05) is 5.92 Å². The molecule has 0 spiro atoms. The third-order valence-corrected chi connectivity index (χ3v) is 7.02.